The highest BCUT2D eigenvalue weighted by Crippen LogP contribution is 2.47. The minimum absolute atomic E-state index is 0.0261. The molecule has 128 valence electrons. The third-order valence-corrected chi connectivity index (χ3v) is 4.75. The maximum atomic E-state index is 6.17. The predicted octanol–water partition coefficient (Wildman–Crippen LogP) is 2.67. The molecule has 1 atom stereocenters. The number of pyridine rings is 1. The molecule has 0 saturated heterocycles. The normalized spacial score (nSPS) is 16.6. The minimum atomic E-state index is -0.0261. The van der Waals surface area contributed by atoms with Gasteiger partial charge in [-0.2, -0.15) is 0 Å². The van der Waals surface area contributed by atoms with Crippen molar-refractivity contribution in [3.63, 3.8) is 0 Å². The van der Waals surface area contributed by atoms with Crippen LogP contribution in [0.4, 0.5) is 0 Å². The molecule has 0 unspecified atom stereocenters. The number of rotatable bonds is 9. The zero-order valence-corrected chi connectivity index (χ0v) is 14.4. The summed E-state index contributed by atoms with van der Waals surface area (Å²) in [6.07, 6.45) is 7.08. The van der Waals surface area contributed by atoms with Gasteiger partial charge in [0.1, 0.15) is 12.4 Å². The summed E-state index contributed by atoms with van der Waals surface area (Å²) in [4.78, 5) is 4.19. The third-order valence-electron chi connectivity index (χ3n) is 4.75. The van der Waals surface area contributed by atoms with Gasteiger partial charge in [-0.25, -0.2) is 0 Å². The maximum absolute atomic E-state index is 6.17. The molecule has 1 aromatic heterocycles. The summed E-state index contributed by atoms with van der Waals surface area (Å²) in [6.45, 7) is 4.35. The number of hydrogen-bond acceptors (Lipinski definition) is 4. The Morgan fingerprint density at radius 3 is 2.75 bits per heavy atom. The van der Waals surface area contributed by atoms with Crippen molar-refractivity contribution in [1.82, 2.24) is 10.3 Å². The van der Waals surface area contributed by atoms with Gasteiger partial charge in [0.05, 0.1) is 12.2 Å². The Morgan fingerprint density at radius 1 is 1.25 bits per heavy atom. The topological polar surface area (TPSA) is 60.2 Å². The SMILES string of the molecule is CCc1cncc(OC[C@@H](N)CNCC2(c3ccccc3)CC2)c1. The fraction of sp³-hybridized carbons (Fsp3) is 0.450. The zero-order valence-electron chi connectivity index (χ0n) is 14.4. The number of ether oxygens (including phenoxy) is 1. The van der Waals surface area contributed by atoms with Crippen LogP contribution in [-0.2, 0) is 11.8 Å². The highest BCUT2D eigenvalue weighted by atomic mass is 16.5. The fourth-order valence-corrected chi connectivity index (χ4v) is 3.01. The van der Waals surface area contributed by atoms with Crippen molar-refractivity contribution in [1.29, 1.82) is 0 Å². The summed E-state index contributed by atoms with van der Waals surface area (Å²) in [5, 5.41) is 3.52. The van der Waals surface area contributed by atoms with Crippen molar-refractivity contribution in [2.24, 2.45) is 5.73 Å². The van der Waals surface area contributed by atoms with Crippen LogP contribution in [0.3, 0.4) is 0 Å². The van der Waals surface area contributed by atoms with E-state index in [1.165, 1.54) is 24.0 Å². The van der Waals surface area contributed by atoms with Crippen molar-refractivity contribution >= 4 is 0 Å². The molecule has 1 aromatic carbocycles. The Morgan fingerprint density at radius 2 is 2.04 bits per heavy atom. The van der Waals surface area contributed by atoms with Gasteiger partial charge < -0.3 is 15.8 Å². The van der Waals surface area contributed by atoms with Crippen LogP contribution in [0.15, 0.2) is 48.8 Å². The molecule has 1 saturated carbocycles. The summed E-state index contributed by atoms with van der Waals surface area (Å²) in [5.41, 5.74) is 9.11. The summed E-state index contributed by atoms with van der Waals surface area (Å²) in [6, 6.07) is 12.8. The third kappa shape index (κ3) is 4.34. The lowest BCUT2D eigenvalue weighted by Gasteiger charge is -2.19. The molecule has 0 amide bonds. The largest absolute Gasteiger partial charge is 0.490 e. The zero-order chi connectivity index (χ0) is 16.8. The molecule has 0 aliphatic heterocycles. The number of nitrogens with two attached hydrogens (primary N) is 1. The quantitative estimate of drug-likeness (QED) is 0.744. The number of hydrogen-bond donors (Lipinski definition) is 2. The first kappa shape index (κ1) is 16.9. The first-order valence-corrected chi connectivity index (χ1v) is 8.80. The van der Waals surface area contributed by atoms with E-state index in [2.05, 4.69) is 47.6 Å². The second kappa shape index (κ2) is 7.77. The van der Waals surface area contributed by atoms with Crippen LogP contribution >= 0.6 is 0 Å². The lowest BCUT2D eigenvalue weighted by Crippen LogP contribution is -2.41. The van der Waals surface area contributed by atoms with Crippen LogP contribution in [0.25, 0.3) is 0 Å². The summed E-state index contributed by atoms with van der Waals surface area (Å²) >= 11 is 0. The van der Waals surface area contributed by atoms with Gasteiger partial charge in [0.25, 0.3) is 0 Å². The molecule has 3 rings (SSSR count). The molecule has 1 heterocycles. The first-order valence-electron chi connectivity index (χ1n) is 8.80. The van der Waals surface area contributed by atoms with E-state index in [0.717, 1.165) is 25.3 Å². The molecular formula is C20H27N3O. The van der Waals surface area contributed by atoms with E-state index < -0.39 is 0 Å². The Bertz CT molecular complexity index is 640. The number of aromatic nitrogens is 1. The first-order chi connectivity index (χ1) is 11.7. The van der Waals surface area contributed by atoms with Gasteiger partial charge >= 0.3 is 0 Å². The average molecular weight is 325 g/mol. The Hall–Kier alpha value is -1.91. The molecule has 0 spiro atoms. The van der Waals surface area contributed by atoms with E-state index in [1.54, 1.807) is 6.20 Å². The Labute approximate surface area is 144 Å². The van der Waals surface area contributed by atoms with Gasteiger partial charge in [0, 0.05) is 24.7 Å². The van der Waals surface area contributed by atoms with Crippen molar-refractivity contribution < 1.29 is 4.74 Å². The highest BCUT2D eigenvalue weighted by molar-refractivity contribution is 5.31. The Balaban J connectivity index is 1.41. The van der Waals surface area contributed by atoms with Crippen molar-refractivity contribution in [2.45, 2.75) is 37.6 Å². The molecule has 0 radical (unpaired) electrons. The standard InChI is InChI=1S/C20H27N3O/c1-2-16-10-19(13-22-11-16)24-14-18(21)12-23-15-20(8-9-20)17-6-4-3-5-7-17/h3-7,10-11,13,18,23H,2,8-9,12,14-15,21H2,1H3/t18-/m0/s1. The number of nitrogens with zero attached hydrogens (tertiary/aromatic N) is 1. The van der Waals surface area contributed by atoms with E-state index >= 15 is 0 Å². The number of nitrogens with one attached hydrogen (secondary N) is 1. The van der Waals surface area contributed by atoms with E-state index in [4.69, 9.17) is 10.5 Å². The Kier molecular flexibility index (Phi) is 5.48. The van der Waals surface area contributed by atoms with Gasteiger partial charge in [-0.1, -0.05) is 37.3 Å². The molecule has 3 N–H and O–H groups in total. The van der Waals surface area contributed by atoms with Crippen molar-refractivity contribution in [3.8, 4) is 5.75 Å². The summed E-state index contributed by atoms with van der Waals surface area (Å²) in [5.74, 6) is 0.799. The molecule has 2 aromatic rings. The average Bonchev–Trinajstić information content (AvgIpc) is 3.42. The number of aryl methyl sites for hydroxylation is 1. The maximum Gasteiger partial charge on any atom is 0.137 e. The van der Waals surface area contributed by atoms with E-state index in [1.807, 2.05) is 12.3 Å². The molecule has 4 heteroatoms. The van der Waals surface area contributed by atoms with Crippen LogP contribution in [0.2, 0.25) is 0 Å². The molecule has 4 nitrogen and oxygen atoms in total. The second-order valence-corrected chi connectivity index (χ2v) is 6.73. The fourth-order valence-electron chi connectivity index (χ4n) is 3.01. The molecule has 1 fully saturated rings. The van der Waals surface area contributed by atoms with Gasteiger partial charge in [0.2, 0.25) is 0 Å². The molecule has 1 aliphatic carbocycles. The molecule has 0 bridgehead atoms. The second-order valence-electron chi connectivity index (χ2n) is 6.73. The molecule has 1 aliphatic rings. The predicted molar refractivity (Wildman–Crippen MR) is 97.3 cm³/mol. The van der Waals surface area contributed by atoms with Gasteiger partial charge in [-0.3, -0.25) is 4.98 Å². The highest BCUT2D eigenvalue weighted by Gasteiger charge is 2.43. The lowest BCUT2D eigenvalue weighted by molar-refractivity contribution is 0.282. The van der Waals surface area contributed by atoms with Gasteiger partial charge in [0.15, 0.2) is 0 Å². The van der Waals surface area contributed by atoms with Crippen LogP contribution < -0.4 is 15.8 Å². The van der Waals surface area contributed by atoms with E-state index in [-0.39, 0.29) is 6.04 Å². The van der Waals surface area contributed by atoms with Crippen molar-refractivity contribution in [2.75, 3.05) is 19.7 Å². The summed E-state index contributed by atoms with van der Waals surface area (Å²) < 4.78 is 5.77. The van der Waals surface area contributed by atoms with E-state index in [9.17, 15) is 0 Å². The van der Waals surface area contributed by atoms with Crippen LogP contribution in [0.5, 0.6) is 5.75 Å². The van der Waals surface area contributed by atoms with Gasteiger partial charge in [-0.05, 0) is 36.5 Å². The van der Waals surface area contributed by atoms with Crippen molar-refractivity contribution in [3.05, 3.63) is 59.9 Å². The van der Waals surface area contributed by atoms with Crippen LogP contribution in [-0.4, -0.2) is 30.7 Å². The monoisotopic (exact) mass is 325 g/mol. The number of benzene rings is 1. The molecule has 24 heavy (non-hydrogen) atoms. The minimum Gasteiger partial charge on any atom is -0.490 e. The van der Waals surface area contributed by atoms with E-state index in [0.29, 0.717) is 12.0 Å². The van der Waals surface area contributed by atoms with Gasteiger partial charge in [-0.15, -0.1) is 0 Å². The van der Waals surface area contributed by atoms with Crippen LogP contribution in [0.1, 0.15) is 30.9 Å². The van der Waals surface area contributed by atoms with Crippen LogP contribution in [0, 0.1) is 0 Å². The smallest absolute Gasteiger partial charge is 0.137 e. The summed E-state index contributed by atoms with van der Waals surface area (Å²) in [7, 11) is 0. The lowest BCUT2D eigenvalue weighted by atomic mass is 9.96. The molecular weight excluding hydrogens is 298 g/mol.